The number of rotatable bonds is 1. The van der Waals surface area contributed by atoms with Gasteiger partial charge in [0.25, 0.3) is 5.91 Å². The number of carbonyl (C=O) groups excluding carboxylic acids is 1. The Kier molecular flexibility index (Phi) is 2.61. The maximum Gasteiger partial charge on any atom is 0.262 e. The molecule has 1 heterocycles. The van der Waals surface area contributed by atoms with E-state index in [0.29, 0.717) is 6.54 Å². The van der Waals surface area contributed by atoms with Crippen molar-refractivity contribution in [1.82, 2.24) is 10.9 Å². The van der Waals surface area contributed by atoms with Crippen LogP contribution in [0.4, 0.5) is 0 Å². The van der Waals surface area contributed by atoms with Gasteiger partial charge in [0, 0.05) is 12.1 Å². The zero-order valence-corrected chi connectivity index (χ0v) is 10.2. The van der Waals surface area contributed by atoms with E-state index in [-0.39, 0.29) is 5.91 Å². The lowest BCUT2D eigenvalue weighted by Gasteiger charge is -2.07. The molecule has 2 aromatic carbocycles. The van der Waals surface area contributed by atoms with Gasteiger partial charge in [-0.1, -0.05) is 36.4 Å². The summed E-state index contributed by atoms with van der Waals surface area (Å²) in [5, 5.41) is 2.38. The standard InChI is InChI=1S/C15H14N2O/c1-10-6-7-11-4-2-3-5-13(11)14(10)8-12-9-16-17-15(12)18/h2-8,16H,9H2,1H3,(H,17,18)/b12-8+. The van der Waals surface area contributed by atoms with E-state index in [1.54, 1.807) is 0 Å². The first kappa shape index (κ1) is 11.0. The highest BCUT2D eigenvalue weighted by molar-refractivity contribution is 6.02. The third-order valence-electron chi connectivity index (χ3n) is 3.28. The number of benzene rings is 2. The summed E-state index contributed by atoms with van der Waals surface area (Å²) in [5.74, 6) is -0.0395. The molecule has 0 saturated carbocycles. The van der Waals surface area contributed by atoms with Crippen molar-refractivity contribution in [3.63, 3.8) is 0 Å². The van der Waals surface area contributed by atoms with Crippen LogP contribution in [-0.2, 0) is 4.79 Å². The van der Waals surface area contributed by atoms with Gasteiger partial charge in [-0.15, -0.1) is 0 Å². The lowest BCUT2D eigenvalue weighted by Crippen LogP contribution is -2.25. The molecule has 0 atom stereocenters. The fraction of sp³-hybridized carbons (Fsp3) is 0.133. The summed E-state index contributed by atoms with van der Waals surface area (Å²) in [6.45, 7) is 2.64. The quantitative estimate of drug-likeness (QED) is 0.747. The van der Waals surface area contributed by atoms with Crippen molar-refractivity contribution in [3.8, 4) is 0 Å². The van der Waals surface area contributed by atoms with Crippen molar-refractivity contribution in [2.24, 2.45) is 0 Å². The van der Waals surface area contributed by atoms with Gasteiger partial charge in [0.15, 0.2) is 0 Å². The van der Waals surface area contributed by atoms with E-state index in [2.05, 4.69) is 42.0 Å². The van der Waals surface area contributed by atoms with E-state index < -0.39 is 0 Å². The van der Waals surface area contributed by atoms with Crippen molar-refractivity contribution in [2.75, 3.05) is 6.54 Å². The van der Waals surface area contributed by atoms with E-state index >= 15 is 0 Å². The molecular formula is C15H14N2O. The smallest absolute Gasteiger partial charge is 0.262 e. The molecule has 0 aliphatic carbocycles. The van der Waals surface area contributed by atoms with E-state index in [1.165, 1.54) is 16.3 Å². The van der Waals surface area contributed by atoms with Crippen molar-refractivity contribution < 1.29 is 4.79 Å². The van der Waals surface area contributed by atoms with Gasteiger partial charge in [-0.05, 0) is 34.9 Å². The molecule has 1 saturated heterocycles. The second kappa shape index (κ2) is 4.27. The molecule has 1 amide bonds. The molecule has 0 unspecified atom stereocenters. The van der Waals surface area contributed by atoms with Gasteiger partial charge in [0.05, 0.1) is 0 Å². The van der Waals surface area contributed by atoms with Gasteiger partial charge >= 0.3 is 0 Å². The summed E-state index contributed by atoms with van der Waals surface area (Å²) in [6, 6.07) is 12.4. The molecule has 90 valence electrons. The Morgan fingerprint density at radius 3 is 2.78 bits per heavy atom. The monoisotopic (exact) mass is 238 g/mol. The second-order valence-electron chi connectivity index (χ2n) is 4.49. The van der Waals surface area contributed by atoms with Gasteiger partial charge < -0.3 is 0 Å². The molecule has 3 rings (SSSR count). The molecule has 2 aromatic rings. The molecule has 3 nitrogen and oxygen atoms in total. The van der Waals surface area contributed by atoms with Gasteiger partial charge in [-0.25, -0.2) is 5.43 Å². The van der Waals surface area contributed by atoms with Crippen LogP contribution in [0, 0.1) is 6.92 Å². The number of fused-ring (bicyclic) bond motifs is 1. The van der Waals surface area contributed by atoms with Crippen LogP contribution >= 0.6 is 0 Å². The number of nitrogens with one attached hydrogen (secondary N) is 2. The maximum absolute atomic E-state index is 11.6. The van der Waals surface area contributed by atoms with Gasteiger partial charge in [-0.2, -0.15) is 0 Å². The van der Waals surface area contributed by atoms with Gasteiger partial charge in [-0.3, -0.25) is 10.2 Å². The van der Waals surface area contributed by atoms with Gasteiger partial charge in [0.2, 0.25) is 0 Å². The predicted octanol–water partition coefficient (Wildman–Crippen LogP) is 2.17. The molecule has 1 aliphatic rings. The molecule has 0 aromatic heterocycles. The molecule has 1 aliphatic heterocycles. The summed E-state index contributed by atoms with van der Waals surface area (Å²) >= 11 is 0. The number of carbonyl (C=O) groups is 1. The lowest BCUT2D eigenvalue weighted by molar-refractivity contribution is -0.116. The van der Waals surface area contributed by atoms with Crippen molar-refractivity contribution in [1.29, 1.82) is 0 Å². The number of hydrogen-bond acceptors (Lipinski definition) is 2. The Hall–Kier alpha value is -2.13. The number of hydrogen-bond donors (Lipinski definition) is 2. The average molecular weight is 238 g/mol. The summed E-state index contributed by atoms with van der Waals surface area (Å²) in [4.78, 5) is 11.6. The number of amides is 1. The zero-order valence-electron chi connectivity index (χ0n) is 10.2. The molecule has 0 bridgehead atoms. The molecule has 1 fully saturated rings. The first-order valence-corrected chi connectivity index (χ1v) is 5.98. The topological polar surface area (TPSA) is 41.1 Å². The van der Waals surface area contributed by atoms with Crippen LogP contribution < -0.4 is 10.9 Å². The number of hydrazine groups is 1. The fourth-order valence-corrected chi connectivity index (χ4v) is 2.27. The van der Waals surface area contributed by atoms with Crippen LogP contribution in [0.25, 0.3) is 16.8 Å². The first-order valence-electron chi connectivity index (χ1n) is 5.98. The number of aryl methyl sites for hydroxylation is 1. The SMILES string of the molecule is Cc1ccc2ccccc2c1/C=C1\CNNC1=O. The van der Waals surface area contributed by atoms with E-state index in [4.69, 9.17) is 0 Å². The van der Waals surface area contributed by atoms with E-state index in [1.807, 2.05) is 18.2 Å². The molecule has 2 N–H and O–H groups in total. The van der Waals surface area contributed by atoms with Crippen LogP contribution in [0.3, 0.4) is 0 Å². The Bertz CT molecular complexity index is 659. The minimum atomic E-state index is -0.0395. The Labute approximate surface area is 105 Å². The summed E-state index contributed by atoms with van der Waals surface area (Å²) in [7, 11) is 0. The van der Waals surface area contributed by atoms with Crippen LogP contribution in [0.2, 0.25) is 0 Å². The van der Waals surface area contributed by atoms with Crippen LogP contribution in [0.5, 0.6) is 0 Å². The maximum atomic E-state index is 11.6. The van der Waals surface area contributed by atoms with Crippen LogP contribution in [-0.4, -0.2) is 12.5 Å². The molecule has 3 heteroatoms. The summed E-state index contributed by atoms with van der Waals surface area (Å²) in [5.41, 5.74) is 8.52. The zero-order chi connectivity index (χ0) is 12.5. The second-order valence-corrected chi connectivity index (χ2v) is 4.49. The largest absolute Gasteiger partial charge is 0.287 e. The summed E-state index contributed by atoms with van der Waals surface area (Å²) in [6.07, 6.45) is 1.98. The molecule has 18 heavy (non-hydrogen) atoms. The van der Waals surface area contributed by atoms with Crippen molar-refractivity contribution in [3.05, 3.63) is 53.1 Å². The Morgan fingerprint density at radius 2 is 2.00 bits per heavy atom. The van der Waals surface area contributed by atoms with Crippen LogP contribution in [0.1, 0.15) is 11.1 Å². The highest BCUT2D eigenvalue weighted by Gasteiger charge is 2.16. The first-order chi connectivity index (χ1) is 8.75. The minimum Gasteiger partial charge on any atom is -0.287 e. The average Bonchev–Trinajstić information content (AvgIpc) is 2.79. The predicted molar refractivity (Wildman–Crippen MR) is 72.8 cm³/mol. The molecule has 0 radical (unpaired) electrons. The van der Waals surface area contributed by atoms with Crippen molar-refractivity contribution in [2.45, 2.75) is 6.92 Å². The third kappa shape index (κ3) is 1.79. The molecular weight excluding hydrogens is 224 g/mol. The fourth-order valence-electron chi connectivity index (χ4n) is 2.27. The van der Waals surface area contributed by atoms with Crippen molar-refractivity contribution >= 4 is 22.8 Å². The van der Waals surface area contributed by atoms with E-state index in [0.717, 1.165) is 11.1 Å². The third-order valence-corrected chi connectivity index (χ3v) is 3.28. The van der Waals surface area contributed by atoms with E-state index in [9.17, 15) is 4.79 Å². The minimum absolute atomic E-state index is 0.0395. The van der Waals surface area contributed by atoms with Crippen LogP contribution in [0.15, 0.2) is 42.0 Å². The summed E-state index contributed by atoms with van der Waals surface area (Å²) < 4.78 is 0. The lowest BCUT2D eigenvalue weighted by atomic mass is 9.98. The Morgan fingerprint density at radius 1 is 1.17 bits per heavy atom. The Balaban J connectivity index is 2.22. The van der Waals surface area contributed by atoms with Gasteiger partial charge in [0.1, 0.15) is 0 Å². The normalized spacial score (nSPS) is 17.4. The highest BCUT2D eigenvalue weighted by atomic mass is 16.2. The highest BCUT2D eigenvalue weighted by Crippen LogP contribution is 2.24. The molecule has 0 spiro atoms.